The van der Waals surface area contributed by atoms with Gasteiger partial charge in [-0.3, -0.25) is 0 Å². The van der Waals surface area contributed by atoms with Crippen molar-refractivity contribution in [1.29, 1.82) is 0 Å². The summed E-state index contributed by atoms with van der Waals surface area (Å²) < 4.78 is 32.5. The first-order valence-corrected chi connectivity index (χ1v) is 8.28. The number of aromatic nitrogens is 2. The molecule has 0 saturated heterocycles. The number of aromatic amines is 1. The molecular formula is C13H20N4O3S. The number of nitrogens with zero attached hydrogens (tertiary/aromatic N) is 1. The number of hydrogen-bond acceptors (Lipinski definition) is 5. The second kappa shape index (κ2) is 6.88. The van der Waals surface area contributed by atoms with Crippen LogP contribution in [0.4, 0.5) is 0 Å². The van der Waals surface area contributed by atoms with E-state index in [0.717, 1.165) is 12.2 Å². The topological polar surface area (TPSA) is 100 Å². The van der Waals surface area contributed by atoms with Gasteiger partial charge in [0.15, 0.2) is 0 Å². The SMILES string of the molecule is CCNCc1cc(S(=O)(=O)NCCc2cnc[nH]2)c(C)o1. The van der Waals surface area contributed by atoms with Crippen LogP contribution in [-0.4, -0.2) is 31.5 Å². The van der Waals surface area contributed by atoms with Gasteiger partial charge in [-0.05, 0) is 13.5 Å². The Morgan fingerprint density at radius 1 is 1.43 bits per heavy atom. The van der Waals surface area contributed by atoms with E-state index in [2.05, 4.69) is 20.0 Å². The lowest BCUT2D eigenvalue weighted by atomic mass is 10.3. The Morgan fingerprint density at radius 3 is 2.90 bits per heavy atom. The van der Waals surface area contributed by atoms with Crippen molar-refractivity contribution < 1.29 is 12.8 Å². The molecule has 0 bridgehead atoms. The first-order valence-electron chi connectivity index (χ1n) is 6.80. The molecular weight excluding hydrogens is 292 g/mol. The normalized spacial score (nSPS) is 11.9. The Hall–Kier alpha value is -1.64. The molecule has 0 aliphatic rings. The zero-order valence-electron chi connectivity index (χ0n) is 12.1. The molecule has 0 aliphatic carbocycles. The highest BCUT2D eigenvalue weighted by Crippen LogP contribution is 2.19. The fourth-order valence-corrected chi connectivity index (χ4v) is 3.18. The van der Waals surface area contributed by atoms with Crippen molar-refractivity contribution in [2.75, 3.05) is 13.1 Å². The third-order valence-corrected chi connectivity index (χ3v) is 4.57. The van der Waals surface area contributed by atoms with Gasteiger partial charge in [0, 0.05) is 30.9 Å². The van der Waals surface area contributed by atoms with Crippen LogP contribution >= 0.6 is 0 Å². The van der Waals surface area contributed by atoms with Crippen LogP contribution in [-0.2, 0) is 23.0 Å². The third kappa shape index (κ3) is 4.16. The lowest BCUT2D eigenvalue weighted by Gasteiger charge is -2.04. The molecule has 2 rings (SSSR count). The fraction of sp³-hybridized carbons (Fsp3) is 0.462. The van der Waals surface area contributed by atoms with Gasteiger partial charge < -0.3 is 14.7 Å². The molecule has 0 unspecified atom stereocenters. The van der Waals surface area contributed by atoms with Gasteiger partial charge in [-0.15, -0.1) is 0 Å². The Bertz CT molecular complexity index is 662. The molecule has 0 fully saturated rings. The van der Waals surface area contributed by atoms with E-state index in [1.54, 1.807) is 25.5 Å². The van der Waals surface area contributed by atoms with Crippen molar-refractivity contribution in [2.24, 2.45) is 0 Å². The lowest BCUT2D eigenvalue weighted by Crippen LogP contribution is -2.26. The molecule has 0 radical (unpaired) electrons. The summed E-state index contributed by atoms with van der Waals surface area (Å²) in [5.41, 5.74) is 0.884. The number of sulfonamides is 1. The van der Waals surface area contributed by atoms with Gasteiger partial charge in [-0.2, -0.15) is 0 Å². The number of aryl methyl sites for hydroxylation is 1. The summed E-state index contributed by atoms with van der Waals surface area (Å²) in [6.07, 6.45) is 3.80. The van der Waals surface area contributed by atoms with E-state index < -0.39 is 10.0 Å². The second-order valence-corrected chi connectivity index (χ2v) is 6.37. The van der Waals surface area contributed by atoms with Gasteiger partial charge in [0.2, 0.25) is 10.0 Å². The maximum Gasteiger partial charge on any atom is 0.244 e. The second-order valence-electron chi connectivity index (χ2n) is 4.64. The van der Waals surface area contributed by atoms with Gasteiger partial charge in [-0.25, -0.2) is 18.1 Å². The summed E-state index contributed by atoms with van der Waals surface area (Å²) in [6.45, 7) is 5.24. The van der Waals surface area contributed by atoms with Gasteiger partial charge in [0.1, 0.15) is 16.4 Å². The molecule has 0 amide bonds. The zero-order chi connectivity index (χ0) is 15.3. The average molecular weight is 312 g/mol. The van der Waals surface area contributed by atoms with E-state index in [0.29, 0.717) is 31.0 Å². The minimum Gasteiger partial charge on any atom is -0.464 e. The molecule has 0 spiro atoms. The van der Waals surface area contributed by atoms with Crippen LogP contribution in [0.5, 0.6) is 0 Å². The smallest absolute Gasteiger partial charge is 0.244 e. The zero-order valence-corrected chi connectivity index (χ0v) is 13.0. The first-order chi connectivity index (χ1) is 10.0. The standard InChI is InChI=1S/C13H20N4O3S/c1-3-14-8-12-6-13(10(2)20-12)21(18,19)17-5-4-11-7-15-9-16-11/h6-7,9,14,17H,3-5,8H2,1-2H3,(H,15,16). The number of imidazole rings is 1. The number of H-pyrrole nitrogens is 1. The molecule has 116 valence electrons. The van der Waals surface area contributed by atoms with Crippen LogP contribution in [0.2, 0.25) is 0 Å². The highest BCUT2D eigenvalue weighted by molar-refractivity contribution is 7.89. The Kier molecular flexibility index (Phi) is 5.16. The van der Waals surface area contributed by atoms with Gasteiger partial charge in [-0.1, -0.05) is 6.92 Å². The minimum absolute atomic E-state index is 0.194. The molecule has 2 heterocycles. The molecule has 0 aliphatic heterocycles. The molecule has 21 heavy (non-hydrogen) atoms. The van der Waals surface area contributed by atoms with Crippen LogP contribution in [0.25, 0.3) is 0 Å². The van der Waals surface area contributed by atoms with E-state index in [-0.39, 0.29) is 4.90 Å². The lowest BCUT2D eigenvalue weighted by molar-refractivity contribution is 0.460. The van der Waals surface area contributed by atoms with Crippen molar-refractivity contribution in [3.05, 3.63) is 35.8 Å². The van der Waals surface area contributed by atoms with E-state index in [1.165, 1.54) is 0 Å². The molecule has 2 aromatic rings. The van der Waals surface area contributed by atoms with Crippen molar-refractivity contribution in [3.63, 3.8) is 0 Å². The van der Waals surface area contributed by atoms with Crippen LogP contribution < -0.4 is 10.0 Å². The van der Waals surface area contributed by atoms with Crippen molar-refractivity contribution >= 4 is 10.0 Å². The van der Waals surface area contributed by atoms with Crippen LogP contribution in [0.3, 0.4) is 0 Å². The summed E-state index contributed by atoms with van der Waals surface area (Å²) >= 11 is 0. The Labute approximate surface area is 124 Å². The number of rotatable bonds is 8. The monoisotopic (exact) mass is 312 g/mol. The summed E-state index contributed by atoms with van der Waals surface area (Å²) in [6, 6.07) is 1.57. The van der Waals surface area contributed by atoms with E-state index in [4.69, 9.17) is 4.42 Å². The van der Waals surface area contributed by atoms with E-state index in [9.17, 15) is 8.42 Å². The molecule has 0 aromatic carbocycles. The quantitative estimate of drug-likeness (QED) is 0.673. The van der Waals surface area contributed by atoms with Crippen LogP contribution in [0, 0.1) is 6.92 Å². The van der Waals surface area contributed by atoms with Gasteiger partial charge >= 0.3 is 0 Å². The van der Waals surface area contributed by atoms with Crippen LogP contribution in [0.1, 0.15) is 24.1 Å². The molecule has 0 atom stereocenters. The minimum atomic E-state index is -3.55. The highest BCUT2D eigenvalue weighted by Gasteiger charge is 2.20. The highest BCUT2D eigenvalue weighted by atomic mass is 32.2. The number of nitrogens with one attached hydrogen (secondary N) is 3. The predicted molar refractivity (Wildman–Crippen MR) is 78.3 cm³/mol. The van der Waals surface area contributed by atoms with E-state index in [1.807, 2.05) is 6.92 Å². The summed E-state index contributed by atoms with van der Waals surface area (Å²) in [4.78, 5) is 7.01. The summed E-state index contributed by atoms with van der Waals surface area (Å²) in [5, 5.41) is 3.10. The van der Waals surface area contributed by atoms with Gasteiger partial charge in [0.25, 0.3) is 0 Å². The number of hydrogen-bond donors (Lipinski definition) is 3. The maximum atomic E-state index is 12.3. The van der Waals surface area contributed by atoms with Crippen molar-refractivity contribution in [3.8, 4) is 0 Å². The molecule has 0 saturated carbocycles. The average Bonchev–Trinajstić information content (AvgIpc) is 3.06. The van der Waals surface area contributed by atoms with Crippen LogP contribution in [0.15, 0.2) is 27.9 Å². The Morgan fingerprint density at radius 2 is 2.24 bits per heavy atom. The fourth-order valence-electron chi connectivity index (χ4n) is 1.95. The molecule has 7 nitrogen and oxygen atoms in total. The maximum absolute atomic E-state index is 12.3. The van der Waals surface area contributed by atoms with Crippen molar-refractivity contribution in [1.82, 2.24) is 20.0 Å². The predicted octanol–water partition coefficient (Wildman–Crippen LogP) is 0.942. The van der Waals surface area contributed by atoms with Crippen molar-refractivity contribution in [2.45, 2.75) is 31.7 Å². The first kappa shape index (κ1) is 15.7. The molecule has 8 heteroatoms. The number of furan rings is 1. The largest absolute Gasteiger partial charge is 0.464 e. The molecule has 3 N–H and O–H groups in total. The summed E-state index contributed by atoms with van der Waals surface area (Å²) in [7, 11) is -3.55. The molecule has 2 aromatic heterocycles. The summed E-state index contributed by atoms with van der Waals surface area (Å²) in [5.74, 6) is 1.01. The third-order valence-electron chi connectivity index (χ3n) is 3.00. The van der Waals surface area contributed by atoms with Gasteiger partial charge in [0.05, 0.1) is 12.9 Å². The Balaban J connectivity index is 1.99. The van der Waals surface area contributed by atoms with E-state index >= 15 is 0 Å².